The molecule has 1 saturated heterocycles. The molecule has 1 fully saturated rings. The Labute approximate surface area is 122 Å². The molecule has 1 unspecified atom stereocenters. The van der Waals surface area contributed by atoms with Gasteiger partial charge in [0.1, 0.15) is 0 Å². The van der Waals surface area contributed by atoms with E-state index in [0.29, 0.717) is 12.3 Å². The minimum Gasteiger partial charge on any atom is -0.341 e. The molecule has 1 aliphatic heterocycles. The van der Waals surface area contributed by atoms with Crippen LogP contribution in [-0.4, -0.2) is 30.9 Å². The summed E-state index contributed by atoms with van der Waals surface area (Å²) in [6, 6.07) is 6.76. The molecule has 110 valence electrons. The minimum atomic E-state index is 0.219. The highest BCUT2D eigenvalue weighted by atomic mass is 16.2. The van der Waals surface area contributed by atoms with E-state index >= 15 is 0 Å². The van der Waals surface area contributed by atoms with Gasteiger partial charge in [-0.1, -0.05) is 30.2 Å². The fourth-order valence-corrected chi connectivity index (χ4v) is 2.93. The molecule has 1 N–H and O–H groups in total. The number of nitrogens with one attached hydrogen (secondary N) is 1. The second kappa shape index (κ2) is 6.89. The molecule has 1 heterocycles. The highest BCUT2D eigenvalue weighted by Gasteiger charge is 2.21. The quantitative estimate of drug-likeness (QED) is 0.915. The predicted molar refractivity (Wildman–Crippen MR) is 82.8 cm³/mol. The van der Waals surface area contributed by atoms with Crippen LogP contribution >= 0.6 is 0 Å². The number of carbonyl (C=O) groups excluding carboxylic acids is 1. The number of aryl methyl sites for hydroxylation is 2. The molecule has 1 aromatic rings. The van der Waals surface area contributed by atoms with Gasteiger partial charge < -0.3 is 10.2 Å². The summed E-state index contributed by atoms with van der Waals surface area (Å²) in [5.41, 5.74) is 3.87. The van der Waals surface area contributed by atoms with Gasteiger partial charge in [0.15, 0.2) is 0 Å². The van der Waals surface area contributed by atoms with Crippen molar-refractivity contribution in [3.8, 4) is 0 Å². The van der Waals surface area contributed by atoms with E-state index in [1.54, 1.807) is 0 Å². The first-order valence-corrected chi connectivity index (χ1v) is 7.64. The van der Waals surface area contributed by atoms with Gasteiger partial charge in [-0.25, -0.2) is 0 Å². The van der Waals surface area contributed by atoms with Crippen molar-refractivity contribution in [1.29, 1.82) is 0 Å². The standard InChI is InChI=1S/C17H26N2O/c1-13-8-9-14(2)15(11-13)16(18-3)12-19-10-6-4-5-7-17(19)20/h8-9,11,16,18H,4-7,10,12H2,1-3H3. The Balaban J connectivity index is 2.15. The van der Waals surface area contributed by atoms with Crippen LogP contribution in [0.25, 0.3) is 0 Å². The molecule has 0 bridgehead atoms. The zero-order chi connectivity index (χ0) is 14.5. The van der Waals surface area contributed by atoms with E-state index in [-0.39, 0.29) is 6.04 Å². The molecule has 1 amide bonds. The van der Waals surface area contributed by atoms with Gasteiger partial charge in [-0.15, -0.1) is 0 Å². The maximum Gasteiger partial charge on any atom is 0.222 e. The van der Waals surface area contributed by atoms with Crippen molar-refractivity contribution in [2.45, 2.75) is 45.6 Å². The molecule has 0 aromatic heterocycles. The van der Waals surface area contributed by atoms with E-state index in [1.807, 2.05) is 11.9 Å². The minimum absolute atomic E-state index is 0.219. The zero-order valence-electron chi connectivity index (χ0n) is 12.9. The van der Waals surface area contributed by atoms with E-state index in [1.165, 1.54) is 23.1 Å². The van der Waals surface area contributed by atoms with Gasteiger partial charge in [-0.05, 0) is 44.9 Å². The molecule has 20 heavy (non-hydrogen) atoms. The van der Waals surface area contributed by atoms with E-state index < -0.39 is 0 Å². The van der Waals surface area contributed by atoms with Crippen LogP contribution in [0.2, 0.25) is 0 Å². The number of hydrogen-bond donors (Lipinski definition) is 1. The number of likely N-dealkylation sites (N-methyl/N-ethyl adjacent to an activating group) is 1. The van der Waals surface area contributed by atoms with Crippen molar-refractivity contribution < 1.29 is 4.79 Å². The molecule has 1 atom stereocenters. The average molecular weight is 274 g/mol. The van der Waals surface area contributed by atoms with Gasteiger partial charge in [0.05, 0.1) is 0 Å². The van der Waals surface area contributed by atoms with Crippen molar-refractivity contribution in [2.24, 2.45) is 0 Å². The van der Waals surface area contributed by atoms with Crippen LogP contribution in [0.15, 0.2) is 18.2 Å². The maximum atomic E-state index is 12.1. The van der Waals surface area contributed by atoms with Crippen molar-refractivity contribution in [3.05, 3.63) is 34.9 Å². The van der Waals surface area contributed by atoms with Crippen LogP contribution in [-0.2, 0) is 4.79 Å². The summed E-state index contributed by atoms with van der Waals surface area (Å²) in [7, 11) is 1.98. The van der Waals surface area contributed by atoms with E-state index in [9.17, 15) is 4.79 Å². The molecule has 0 saturated carbocycles. The number of likely N-dealkylation sites (tertiary alicyclic amines) is 1. The van der Waals surface area contributed by atoms with Gasteiger partial charge in [-0.3, -0.25) is 4.79 Å². The maximum absolute atomic E-state index is 12.1. The number of amides is 1. The predicted octanol–water partition coefficient (Wildman–Crippen LogP) is 2.97. The van der Waals surface area contributed by atoms with Crippen LogP contribution in [0.4, 0.5) is 0 Å². The normalized spacial score (nSPS) is 17.9. The topological polar surface area (TPSA) is 32.3 Å². The summed E-state index contributed by atoms with van der Waals surface area (Å²) in [6.45, 7) is 5.94. The van der Waals surface area contributed by atoms with Crippen molar-refractivity contribution in [1.82, 2.24) is 10.2 Å². The first kappa shape index (κ1) is 15.0. The summed E-state index contributed by atoms with van der Waals surface area (Å²) >= 11 is 0. The average Bonchev–Trinajstić information content (AvgIpc) is 2.64. The Hall–Kier alpha value is -1.35. The summed E-state index contributed by atoms with van der Waals surface area (Å²) in [4.78, 5) is 14.2. The molecule has 2 rings (SSSR count). The van der Waals surface area contributed by atoms with E-state index in [4.69, 9.17) is 0 Å². The summed E-state index contributed by atoms with van der Waals surface area (Å²) in [5.74, 6) is 0.313. The lowest BCUT2D eigenvalue weighted by Crippen LogP contribution is -2.38. The zero-order valence-corrected chi connectivity index (χ0v) is 12.9. The first-order valence-electron chi connectivity index (χ1n) is 7.64. The largest absolute Gasteiger partial charge is 0.341 e. The number of benzene rings is 1. The summed E-state index contributed by atoms with van der Waals surface area (Å²) < 4.78 is 0. The smallest absolute Gasteiger partial charge is 0.222 e. The lowest BCUT2D eigenvalue weighted by molar-refractivity contribution is -0.131. The van der Waals surface area contributed by atoms with Crippen LogP contribution in [0.1, 0.15) is 48.4 Å². The fourth-order valence-electron chi connectivity index (χ4n) is 2.93. The molecule has 3 heteroatoms. The van der Waals surface area contributed by atoms with Crippen molar-refractivity contribution >= 4 is 5.91 Å². The third-order valence-corrected chi connectivity index (χ3v) is 4.23. The second-order valence-corrected chi connectivity index (χ2v) is 5.85. The highest BCUT2D eigenvalue weighted by Crippen LogP contribution is 2.22. The molecule has 0 aliphatic carbocycles. The Morgan fingerprint density at radius 3 is 2.80 bits per heavy atom. The Morgan fingerprint density at radius 1 is 1.25 bits per heavy atom. The van der Waals surface area contributed by atoms with Crippen LogP contribution in [0.3, 0.4) is 0 Å². The number of carbonyl (C=O) groups is 1. The SMILES string of the molecule is CNC(CN1CCCCCC1=O)c1cc(C)ccc1C. The fraction of sp³-hybridized carbons (Fsp3) is 0.588. The Morgan fingerprint density at radius 2 is 2.05 bits per heavy atom. The van der Waals surface area contributed by atoms with Crippen molar-refractivity contribution in [2.75, 3.05) is 20.1 Å². The van der Waals surface area contributed by atoms with Gasteiger partial charge >= 0.3 is 0 Å². The summed E-state index contributed by atoms with van der Waals surface area (Å²) in [6.07, 6.45) is 4.07. The number of hydrogen-bond acceptors (Lipinski definition) is 2. The monoisotopic (exact) mass is 274 g/mol. The van der Waals surface area contributed by atoms with Crippen LogP contribution in [0.5, 0.6) is 0 Å². The third-order valence-electron chi connectivity index (χ3n) is 4.23. The molecule has 0 spiro atoms. The second-order valence-electron chi connectivity index (χ2n) is 5.85. The van der Waals surface area contributed by atoms with Gasteiger partial charge in [0.25, 0.3) is 0 Å². The van der Waals surface area contributed by atoms with E-state index in [0.717, 1.165) is 25.9 Å². The highest BCUT2D eigenvalue weighted by molar-refractivity contribution is 5.76. The molecule has 3 nitrogen and oxygen atoms in total. The van der Waals surface area contributed by atoms with Crippen molar-refractivity contribution in [3.63, 3.8) is 0 Å². The molecule has 1 aromatic carbocycles. The lowest BCUT2D eigenvalue weighted by atomic mass is 9.98. The Bertz CT molecular complexity index is 470. The first-order chi connectivity index (χ1) is 9.61. The molecular weight excluding hydrogens is 248 g/mol. The van der Waals surface area contributed by atoms with Crippen LogP contribution in [0, 0.1) is 13.8 Å². The van der Waals surface area contributed by atoms with Crippen LogP contribution < -0.4 is 5.32 Å². The number of rotatable bonds is 4. The van der Waals surface area contributed by atoms with E-state index in [2.05, 4.69) is 37.4 Å². The summed E-state index contributed by atoms with van der Waals surface area (Å²) in [5, 5.41) is 3.38. The van der Waals surface area contributed by atoms with Gasteiger partial charge in [0, 0.05) is 25.6 Å². The molecule has 1 aliphatic rings. The van der Waals surface area contributed by atoms with Gasteiger partial charge in [0.2, 0.25) is 5.91 Å². The lowest BCUT2D eigenvalue weighted by Gasteiger charge is -2.28. The molecular formula is C17H26N2O. The Kier molecular flexibility index (Phi) is 5.18. The third kappa shape index (κ3) is 3.60. The molecule has 0 radical (unpaired) electrons. The number of nitrogens with zero attached hydrogens (tertiary/aromatic N) is 1. The van der Waals surface area contributed by atoms with Gasteiger partial charge in [-0.2, -0.15) is 0 Å².